The van der Waals surface area contributed by atoms with Crippen LogP contribution in [0, 0.1) is 0 Å². The predicted molar refractivity (Wildman–Crippen MR) is 81.6 cm³/mol. The standard InChI is InChI=1S/C16H18ClS/c1-14(17)12-13-18(15-8-4-2-5-9-15)16-10-6-3-7-11-16/h2-11,14H,12-13H2,1H3/q+1. The number of alkyl halides is 1. The van der Waals surface area contributed by atoms with Crippen molar-refractivity contribution in [3.05, 3.63) is 60.7 Å². The van der Waals surface area contributed by atoms with E-state index in [9.17, 15) is 0 Å². The quantitative estimate of drug-likeness (QED) is 0.547. The van der Waals surface area contributed by atoms with Crippen LogP contribution in [0.3, 0.4) is 0 Å². The molecule has 0 spiro atoms. The minimum Gasteiger partial charge on any atom is -0.123 e. The van der Waals surface area contributed by atoms with Crippen molar-refractivity contribution >= 4 is 22.5 Å². The molecule has 0 fully saturated rings. The summed E-state index contributed by atoms with van der Waals surface area (Å²) in [5, 5.41) is 0.243. The molecule has 1 atom stereocenters. The van der Waals surface area contributed by atoms with Gasteiger partial charge in [0.1, 0.15) is 5.75 Å². The molecule has 0 aromatic heterocycles. The third kappa shape index (κ3) is 3.79. The molecule has 0 N–H and O–H groups in total. The van der Waals surface area contributed by atoms with Crippen molar-refractivity contribution in [2.45, 2.75) is 28.5 Å². The van der Waals surface area contributed by atoms with Gasteiger partial charge in [-0.15, -0.1) is 11.6 Å². The first-order chi connectivity index (χ1) is 8.77. The van der Waals surface area contributed by atoms with Crippen LogP contribution in [0.4, 0.5) is 0 Å². The first-order valence-corrected chi connectivity index (χ1v) is 8.05. The van der Waals surface area contributed by atoms with Crippen LogP contribution >= 0.6 is 11.6 Å². The fourth-order valence-electron chi connectivity index (χ4n) is 1.82. The van der Waals surface area contributed by atoms with Gasteiger partial charge in [-0.05, 0) is 31.2 Å². The van der Waals surface area contributed by atoms with Gasteiger partial charge in [-0.2, -0.15) is 0 Å². The van der Waals surface area contributed by atoms with Crippen LogP contribution in [0.25, 0.3) is 0 Å². The van der Waals surface area contributed by atoms with Crippen LogP contribution in [-0.4, -0.2) is 11.1 Å². The SMILES string of the molecule is CC(Cl)CC[S+](c1ccccc1)c1ccccc1. The summed E-state index contributed by atoms with van der Waals surface area (Å²) in [5.41, 5.74) is 0. The molecule has 0 aliphatic heterocycles. The Morgan fingerprint density at radius 1 is 0.889 bits per heavy atom. The van der Waals surface area contributed by atoms with Crippen LogP contribution < -0.4 is 0 Å². The van der Waals surface area contributed by atoms with E-state index in [4.69, 9.17) is 11.6 Å². The second-order valence-corrected chi connectivity index (χ2v) is 7.17. The van der Waals surface area contributed by atoms with Gasteiger partial charge < -0.3 is 0 Å². The lowest BCUT2D eigenvalue weighted by Gasteiger charge is -2.08. The normalized spacial score (nSPS) is 12.6. The highest BCUT2D eigenvalue weighted by Gasteiger charge is 2.24. The van der Waals surface area contributed by atoms with E-state index in [1.807, 2.05) is 0 Å². The van der Waals surface area contributed by atoms with Gasteiger partial charge in [0.15, 0.2) is 9.79 Å². The molecule has 0 saturated heterocycles. The smallest absolute Gasteiger partial charge is 0.123 e. The van der Waals surface area contributed by atoms with Gasteiger partial charge in [0, 0.05) is 11.8 Å². The second kappa shape index (κ2) is 6.86. The van der Waals surface area contributed by atoms with Crippen molar-refractivity contribution in [3.8, 4) is 0 Å². The molecule has 94 valence electrons. The molecule has 0 aliphatic rings. The molecule has 18 heavy (non-hydrogen) atoms. The molecular formula is C16H18ClS+. The molecule has 2 aromatic rings. The zero-order valence-electron chi connectivity index (χ0n) is 10.6. The lowest BCUT2D eigenvalue weighted by atomic mass is 10.4. The van der Waals surface area contributed by atoms with Gasteiger partial charge in [0.05, 0.1) is 10.9 Å². The monoisotopic (exact) mass is 277 g/mol. The van der Waals surface area contributed by atoms with Crippen LogP contribution in [0.5, 0.6) is 0 Å². The molecule has 2 heteroatoms. The van der Waals surface area contributed by atoms with Gasteiger partial charge in [0.2, 0.25) is 0 Å². The van der Waals surface area contributed by atoms with Gasteiger partial charge in [-0.1, -0.05) is 36.4 Å². The summed E-state index contributed by atoms with van der Waals surface area (Å²) in [6, 6.07) is 21.5. The number of hydrogen-bond acceptors (Lipinski definition) is 0. The molecule has 0 saturated carbocycles. The molecule has 0 nitrogen and oxygen atoms in total. The maximum absolute atomic E-state index is 6.10. The van der Waals surface area contributed by atoms with Crippen molar-refractivity contribution in [2.75, 3.05) is 5.75 Å². The molecule has 0 aliphatic carbocycles. The molecule has 2 aromatic carbocycles. The van der Waals surface area contributed by atoms with Crippen molar-refractivity contribution in [1.82, 2.24) is 0 Å². The highest BCUT2D eigenvalue weighted by atomic mass is 35.5. The first kappa shape index (κ1) is 13.5. The summed E-state index contributed by atoms with van der Waals surface area (Å²) in [6.07, 6.45) is 1.05. The Morgan fingerprint density at radius 2 is 1.33 bits per heavy atom. The van der Waals surface area contributed by atoms with E-state index in [1.54, 1.807) is 0 Å². The second-order valence-electron chi connectivity index (χ2n) is 4.29. The zero-order chi connectivity index (χ0) is 12.8. The Morgan fingerprint density at radius 3 is 1.72 bits per heavy atom. The minimum atomic E-state index is 0.144. The molecule has 0 heterocycles. The van der Waals surface area contributed by atoms with E-state index in [1.165, 1.54) is 9.79 Å². The Labute approximate surface area is 117 Å². The topological polar surface area (TPSA) is 0 Å². The van der Waals surface area contributed by atoms with E-state index in [0.29, 0.717) is 0 Å². The number of halogens is 1. The Kier molecular flexibility index (Phi) is 5.15. The zero-order valence-corrected chi connectivity index (χ0v) is 12.1. The van der Waals surface area contributed by atoms with Crippen molar-refractivity contribution in [1.29, 1.82) is 0 Å². The molecule has 0 radical (unpaired) electrons. The Hall–Kier alpha value is -0.920. The average molecular weight is 278 g/mol. The van der Waals surface area contributed by atoms with E-state index in [-0.39, 0.29) is 16.3 Å². The Balaban J connectivity index is 2.24. The maximum Gasteiger partial charge on any atom is 0.160 e. The van der Waals surface area contributed by atoms with Crippen molar-refractivity contribution in [3.63, 3.8) is 0 Å². The summed E-state index contributed by atoms with van der Waals surface area (Å²) in [6.45, 7) is 2.07. The van der Waals surface area contributed by atoms with Crippen LogP contribution in [0.15, 0.2) is 70.5 Å². The number of hydrogen-bond donors (Lipinski definition) is 0. The largest absolute Gasteiger partial charge is 0.160 e. The number of benzene rings is 2. The van der Waals surface area contributed by atoms with E-state index in [2.05, 4.69) is 67.6 Å². The van der Waals surface area contributed by atoms with Gasteiger partial charge in [-0.3, -0.25) is 0 Å². The minimum absolute atomic E-state index is 0.144. The highest BCUT2D eigenvalue weighted by Crippen LogP contribution is 2.24. The third-order valence-electron chi connectivity index (χ3n) is 2.78. The lowest BCUT2D eigenvalue weighted by molar-refractivity contribution is 0.900. The van der Waals surface area contributed by atoms with E-state index < -0.39 is 0 Å². The van der Waals surface area contributed by atoms with Crippen LogP contribution in [-0.2, 0) is 10.9 Å². The summed E-state index contributed by atoms with van der Waals surface area (Å²) in [4.78, 5) is 2.81. The predicted octanol–water partition coefficient (Wildman–Crippen LogP) is 4.74. The van der Waals surface area contributed by atoms with E-state index in [0.717, 1.165) is 12.2 Å². The van der Waals surface area contributed by atoms with Crippen molar-refractivity contribution < 1.29 is 0 Å². The Bertz CT molecular complexity index is 414. The van der Waals surface area contributed by atoms with Crippen LogP contribution in [0.1, 0.15) is 13.3 Å². The van der Waals surface area contributed by atoms with Gasteiger partial charge in [-0.25, -0.2) is 0 Å². The molecule has 1 unspecified atom stereocenters. The summed E-state index contributed by atoms with van der Waals surface area (Å²) in [5.74, 6) is 1.12. The molecule has 2 rings (SSSR count). The lowest BCUT2D eigenvalue weighted by Crippen LogP contribution is -2.11. The average Bonchev–Trinajstić information content (AvgIpc) is 2.41. The number of rotatable bonds is 5. The third-order valence-corrected chi connectivity index (χ3v) is 5.32. The summed E-state index contributed by atoms with van der Waals surface area (Å²) < 4.78 is 0. The summed E-state index contributed by atoms with van der Waals surface area (Å²) >= 11 is 6.10. The maximum atomic E-state index is 6.10. The van der Waals surface area contributed by atoms with Gasteiger partial charge >= 0.3 is 0 Å². The fraction of sp³-hybridized carbons (Fsp3) is 0.250. The van der Waals surface area contributed by atoms with Gasteiger partial charge in [0.25, 0.3) is 0 Å². The molecule has 0 amide bonds. The van der Waals surface area contributed by atoms with Crippen LogP contribution in [0.2, 0.25) is 0 Å². The molecular weight excluding hydrogens is 260 g/mol. The fourth-order valence-corrected chi connectivity index (χ4v) is 4.36. The molecule has 0 bridgehead atoms. The first-order valence-electron chi connectivity index (χ1n) is 6.22. The van der Waals surface area contributed by atoms with Crippen molar-refractivity contribution in [2.24, 2.45) is 0 Å². The highest BCUT2D eigenvalue weighted by molar-refractivity contribution is 7.97. The van der Waals surface area contributed by atoms with E-state index >= 15 is 0 Å². The summed E-state index contributed by atoms with van der Waals surface area (Å²) in [7, 11) is 0.144.